The first-order chi connectivity index (χ1) is 11.0. The molecule has 2 aromatic heterocycles. The van der Waals surface area contributed by atoms with Gasteiger partial charge in [-0.1, -0.05) is 25.4 Å². The van der Waals surface area contributed by atoms with Crippen molar-refractivity contribution < 1.29 is 9.15 Å². The van der Waals surface area contributed by atoms with Crippen molar-refractivity contribution >= 4 is 11.6 Å². The van der Waals surface area contributed by atoms with E-state index >= 15 is 0 Å². The molecule has 0 saturated carbocycles. The topological polar surface area (TPSA) is 69.2 Å². The lowest BCUT2D eigenvalue weighted by atomic mass is 10.2. The minimum absolute atomic E-state index is 0.195. The summed E-state index contributed by atoms with van der Waals surface area (Å²) in [6.07, 6.45) is -0.195. The number of halogens is 1. The summed E-state index contributed by atoms with van der Waals surface area (Å²) < 4.78 is 13.2. The third kappa shape index (κ3) is 3.41. The second kappa shape index (κ2) is 6.59. The van der Waals surface area contributed by atoms with Crippen molar-refractivity contribution in [2.45, 2.75) is 39.3 Å². The van der Waals surface area contributed by atoms with E-state index in [2.05, 4.69) is 20.2 Å². The van der Waals surface area contributed by atoms with Crippen molar-refractivity contribution in [1.29, 1.82) is 0 Å². The molecule has 0 spiro atoms. The highest BCUT2D eigenvalue weighted by Crippen LogP contribution is 2.26. The van der Waals surface area contributed by atoms with Gasteiger partial charge in [0.25, 0.3) is 0 Å². The first kappa shape index (κ1) is 16.4. The second-order valence-electron chi connectivity index (χ2n) is 6.21. The molecule has 1 aliphatic heterocycles. The zero-order chi connectivity index (χ0) is 16.6. The van der Waals surface area contributed by atoms with Crippen molar-refractivity contribution in [1.82, 2.24) is 24.9 Å². The zero-order valence-corrected chi connectivity index (χ0v) is 14.7. The van der Waals surface area contributed by atoms with E-state index in [1.54, 1.807) is 4.68 Å². The zero-order valence-electron chi connectivity index (χ0n) is 13.9. The van der Waals surface area contributed by atoms with Gasteiger partial charge in [-0.25, -0.2) is 0 Å². The Labute approximate surface area is 140 Å². The third-order valence-electron chi connectivity index (χ3n) is 4.03. The number of nitrogens with zero attached hydrogens (tertiary/aromatic N) is 5. The summed E-state index contributed by atoms with van der Waals surface area (Å²) in [4.78, 5) is 2.28. The predicted molar refractivity (Wildman–Crippen MR) is 85.3 cm³/mol. The highest BCUT2D eigenvalue weighted by Gasteiger charge is 2.28. The van der Waals surface area contributed by atoms with E-state index < -0.39 is 0 Å². The van der Waals surface area contributed by atoms with Gasteiger partial charge in [0, 0.05) is 38.2 Å². The Morgan fingerprint density at radius 3 is 2.74 bits per heavy atom. The van der Waals surface area contributed by atoms with Crippen LogP contribution in [0.2, 0.25) is 5.15 Å². The van der Waals surface area contributed by atoms with Crippen LogP contribution in [0, 0.1) is 6.92 Å². The Bertz CT molecular complexity index is 681. The molecule has 0 radical (unpaired) electrons. The Balaban J connectivity index is 1.70. The van der Waals surface area contributed by atoms with Gasteiger partial charge in [-0.2, -0.15) is 5.10 Å². The molecule has 3 rings (SSSR count). The first-order valence-corrected chi connectivity index (χ1v) is 8.18. The number of ether oxygens (including phenoxy) is 1. The number of rotatable bonds is 4. The summed E-state index contributed by atoms with van der Waals surface area (Å²) in [5.74, 6) is 1.41. The molecule has 1 atom stereocenters. The predicted octanol–water partition coefficient (Wildman–Crippen LogP) is 2.46. The summed E-state index contributed by atoms with van der Waals surface area (Å²) in [5.41, 5.74) is 2.02. The van der Waals surface area contributed by atoms with Gasteiger partial charge in [0.1, 0.15) is 11.3 Å². The molecular formula is C15H22ClN5O2. The van der Waals surface area contributed by atoms with Gasteiger partial charge in [-0.15, -0.1) is 10.2 Å². The largest absolute Gasteiger partial charge is 0.422 e. The molecule has 2 aromatic rings. The number of morpholine rings is 1. The molecule has 0 aliphatic carbocycles. The highest BCUT2D eigenvalue weighted by molar-refractivity contribution is 6.30. The Morgan fingerprint density at radius 2 is 2.13 bits per heavy atom. The van der Waals surface area contributed by atoms with E-state index in [0.29, 0.717) is 30.1 Å². The smallest absolute Gasteiger partial charge is 0.246 e. The molecular weight excluding hydrogens is 318 g/mol. The van der Waals surface area contributed by atoms with E-state index in [0.717, 1.165) is 24.3 Å². The molecule has 1 fully saturated rings. The SMILES string of the molecule is Cc1nn(C)c(Cl)c1CN1CCOC(c2nnc(C(C)C)o2)C1. The maximum absolute atomic E-state index is 6.33. The molecule has 1 saturated heterocycles. The van der Waals surface area contributed by atoms with Crippen LogP contribution in [0.1, 0.15) is 48.9 Å². The van der Waals surface area contributed by atoms with Crippen LogP contribution in [0.5, 0.6) is 0 Å². The van der Waals surface area contributed by atoms with Crippen LogP contribution < -0.4 is 0 Å². The monoisotopic (exact) mass is 339 g/mol. The fraction of sp³-hybridized carbons (Fsp3) is 0.667. The molecule has 1 aliphatic rings. The van der Waals surface area contributed by atoms with Gasteiger partial charge in [-0.05, 0) is 6.92 Å². The maximum atomic E-state index is 6.33. The molecule has 0 aromatic carbocycles. The molecule has 7 nitrogen and oxygen atoms in total. The second-order valence-corrected chi connectivity index (χ2v) is 6.56. The van der Waals surface area contributed by atoms with Crippen LogP contribution in [0.15, 0.2) is 4.42 Å². The Hall–Kier alpha value is -1.44. The van der Waals surface area contributed by atoms with Crippen molar-refractivity contribution in [3.8, 4) is 0 Å². The van der Waals surface area contributed by atoms with Gasteiger partial charge in [0.05, 0.1) is 12.3 Å². The highest BCUT2D eigenvalue weighted by atomic mass is 35.5. The number of aryl methyl sites for hydroxylation is 2. The normalized spacial score (nSPS) is 19.7. The summed E-state index contributed by atoms with van der Waals surface area (Å²) in [6.45, 7) is 8.93. The van der Waals surface area contributed by atoms with Crippen molar-refractivity contribution in [2.24, 2.45) is 7.05 Å². The van der Waals surface area contributed by atoms with E-state index in [-0.39, 0.29) is 12.0 Å². The van der Waals surface area contributed by atoms with Gasteiger partial charge >= 0.3 is 0 Å². The van der Waals surface area contributed by atoms with Crippen LogP contribution >= 0.6 is 11.6 Å². The summed E-state index contributed by atoms with van der Waals surface area (Å²) >= 11 is 6.33. The minimum Gasteiger partial charge on any atom is -0.422 e. The van der Waals surface area contributed by atoms with E-state index in [1.807, 2.05) is 27.8 Å². The van der Waals surface area contributed by atoms with Crippen molar-refractivity contribution in [3.63, 3.8) is 0 Å². The summed E-state index contributed by atoms with van der Waals surface area (Å²) in [5, 5.41) is 13.3. The average molecular weight is 340 g/mol. The average Bonchev–Trinajstić information content (AvgIpc) is 3.09. The first-order valence-electron chi connectivity index (χ1n) is 7.81. The summed E-state index contributed by atoms with van der Waals surface area (Å²) in [7, 11) is 1.85. The molecule has 1 unspecified atom stereocenters. The van der Waals surface area contributed by atoms with Crippen molar-refractivity contribution in [2.75, 3.05) is 19.7 Å². The van der Waals surface area contributed by atoms with E-state index in [9.17, 15) is 0 Å². The van der Waals surface area contributed by atoms with Gasteiger partial charge in [0.15, 0.2) is 0 Å². The Kier molecular flexibility index (Phi) is 4.70. The molecule has 0 N–H and O–H groups in total. The summed E-state index contributed by atoms with van der Waals surface area (Å²) in [6, 6.07) is 0. The van der Waals surface area contributed by atoms with Crippen LogP contribution in [-0.4, -0.2) is 44.6 Å². The molecule has 23 heavy (non-hydrogen) atoms. The third-order valence-corrected chi connectivity index (χ3v) is 4.50. The molecule has 126 valence electrons. The molecule has 8 heteroatoms. The van der Waals surface area contributed by atoms with Crippen LogP contribution in [0.25, 0.3) is 0 Å². The number of aromatic nitrogens is 4. The number of hydrogen-bond acceptors (Lipinski definition) is 6. The Morgan fingerprint density at radius 1 is 1.35 bits per heavy atom. The van der Waals surface area contributed by atoms with E-state index in [4.69, 9.17) is 20.8 Å². The fourth-order valence-electron chi connectivity index (χ4n) is 2.68. The fourth-order valence-corrected chi connectivity index (χ4v) is 2.92. The van der Waals surface area contributed by atoms with Crippen LogP contribution in [-0.2, 0) is 18.3 Å². The minimum atomic E-state index is -0.195. The van der Waals surface area contributed by atoms with E-state index in [1.165, 1.54) is 0 Å². The molecule has 0 amide bonds. The standard InChI is InChI=1S/C15H22ClN5O2/c1-9(2)14-17-18-15(23-14)12-8-21(5-6-22-12)7-11-10(3)19-20(4)13(11)16/h9,12H,5-8H2,1-4H3. The maximum Gasteiger partial charge on any atom is 0.246 e. The quantitative estimate of drug-likeness (QED) is 0.852. The van der Waals surface area contributed by atoms with Crippen LogP contribution in [0.3, 0.4) is 0 Å². The van der Waals surface area contributed by atoms with Gasteiger partial charge < -0.3 is 9.15 Å². The molecule has 3 heterocycles. The van der Waals surface area contributed by atoms with Gasteiger partial charge in [-0.3, -0.25) is 9.58 Å². The molecule has 0 bridgehead atoms. The number of hydrogen-bond donors (Lipinski definition) is 0. The van der Waals surface area contributed by atoms with Crippen LogP contribution in [0.4, 0.5) is 0 Å². The lowest BCUT2D eigenvalue weighted by molar-refractivity contribution is -0.0459. The lowest BCUT2D eigenvalue weighted by Crippen LogP contribution is -2.38. The lowest BCUT2D eigenvalue weighted by Gasteiger charge is -2.31. The van der Waals surface area contributed by atoms with Gasteiger partial charge in [0.2, 0.25) is 11.8 Å². The van der Waals surface area contributed by atoms with Crippen molar-refractivity contribution in [3.05, 3.63) is 28.2 Å².